The lowest BCUT2D eigenvalue weighted by atomic mass is 9.95. The second-order valence-electron chi connectivity index (χ2n) is 7.28. The van der Waals surface area contributed by atoms with Crippen molar-refractivity contribution in [1.82, 2.24) is 4.90 Å². The Morgan fingerprint density at radius 2 is 1.66 bits per heavy atom. The molecule has 0 aromatic heterocycles. The molecular weight excluding hydrogens is 366 g/mol. The number of aryl methyl sites for hydroxylation is 1. The molecule has 1 N–H and O–H groups in total. The summed E-state index contributed by atoms with van der Waals surface area (Å²) in [5.41, 5.74) is 2.48. The summed E-state index contributed by atoms with van der Waals surface area (Å²) in [6.45, 7) is 7.01. The highest BCUT2D eigenvalue weighted by atomic mass is 16.5. The maximum atomic E-state index is 12.8. The Morgan fingerprint density at radius 1 is 1.00 bits per heavy atom. The topological polar surface area (TPSA) is 66.8 Å². The van der Waals surface area contributed by atoms with E-state index >= 15 is 0 Å². The number of hydrogen-bond acceptors (Lipinski definition) is 4. The van der Waals surface area contributed by atoms with E-state index in [1.807, 2.05) is 57.2 Å². The molecule has 1 amide bonds. The summed E-state index contributed by atoms with van der Waals surface area (Å²) in [6.07, 6.45) is 1.63. The summed E-state index contributed by atoms with van der Waals surface area (Å²) in [6, 6.07) is 14.0. The fraction of sp³-hybridized carbons (Fsp3) is 0.333. The number of rotatable bonds is 7. The number of benzene rings is 2. The Bertz CT molecular complexity index is 913. The molecule has 1 atom stereocenters. The minimum atomic E-state index is -0.646. The molecule has 1 aliphatic rings. The molecule has 0 saturated carbocycles. The van der Waals surface area contributed by atoms with Crippen LogP contribution in [0.4, 0.5) is 0 Å². The number of nitrogens with zero attached hydrogens (tertiary/aromatic N) is 1. The number of Topliss-reactive ketones (excluding diaryl/α,β-unsaturated/α-hetero) is 1. The Labute approximate surface area is 171 Å². The van der Waals surface area contributed by atoms with E-state index in [-0.39, 0.29) is 11.3 Å². The Morgan fingerprint density at radius 3 is 2.24 bits per heavy atom. The molecule has 0 bridgehead atoms. The first-order valence-electron chi connectivity index (χ1n) is 10.1. The molecule has 0 radical (unpaired) electrons. The lowest BCUT2D eigenvalue weighted by Crippen LogP contribution is -2.30. The number of aliphatic hydroxyl groups excluding tert-OH is 1. The van der Waals surface area contributed by atoms with E-state index in [1.165, 1.54) is 0 Å². The number of carbonyl (C=O) groups is 2. The highest BCUT2D eigenvalue weighted by Crippen LogP contribution is 2.39. The van der Waals surface area contributed by atoms with Crippen molar-refractivity contribution in [2.24, 2.45) is 0 Å². The third kappa shape index (κ3) is 4.19. The zero-order valence-electron chi connectivity index (χ0n) is 17.1. The van der Waals surface area contributed by atoms with Crippen LogP contribution in [0.5, 0.6) is 5.75 Å². The second-order valence-corrected chi connectivity index (χ2v) is 7.28. The van der Waals surface area contributed by atoms with Gasteiger partial charge in [0, 0.05) is 12.1 Å². The lowest BCUT2D eigenvalue weighted by molar-refractivity contribution is -0.139. The van der Waals surface area contributed by atoms with Gasteiger partial charge in [0.1, 0.15) is 11.5 Å². The van der Waals surface area contributed by atoms with Crippen molar-refractivity contribution in [2.75, 3.05) is 13.2 Å². The van der Waals surface area contributed by atoms with Gasteiger partial charge in [-0.15, -0.1) is 0 Å². The highest BCUT2D eigenvalue weighted by molar-refractivity contribution is 6.46. The molecule has 1 fully saturated rings. The summed E-state index contributed by atoms with van der Waals surface area (Å²) in [7, 11) is 0. The summed E-state index contributed by atoms with van der Waals surface area (Å²) < 4.78 is 5.64. The lowest BCUT2D eigenvalue weighted by Gasteiger charge is -2.25. The van der Waals surface area contributed by atoms with E-state index in [9.17, 15) is 14.7 Å². The summed E-state index contributed by atoms with van der Waals surface area (Å²) in [5, 5.41) is 10.9. The summed E-state index contributed by atoms with van der Waals surface area (Å²) in [5.74, 6) is -0.621. The zero-order valence-corrected chi connectivity index (χ0v) is 17.1. The van der Waals surface area contributed by atoms with Crippen LogP contribution in [0.3, 0.4) is 0 Å². The fourth-order valence-corrected chi connectivity index (χ4v) is 3.53. The molecule has 5 heteroatoms. The highest BCUT2D eigenvalue weighted by Gasteiger charge is 2.45. The van der Waals surface area contributed by atoms with Gasteiger partial charge in [-0.2, -0.15) is 0 Å². The van der Waals surface area contributed by atoms with Crippen LogP contribution in [0.15, 0.2) is 54.1 Å². The van der Waals surface area contributed by atoms with E-state index in [4.69, 9.17) is 4.74 Å². The minimum Gasteiger partial charge on any atom is -0.507 e. The van der Waals surface area contributed by atoms with Gasteiger partial charge < -0.3 is 14.7 Å². The standard InChI is InChI=1S/C24H27NO4/c1-4-14-25-21(17-10-12-19(13-11-17)29-15-5-2)20(23(27)24(25)28)22(26)18-8-6-16(3)7-9-18/h6-13,21,26H,4-5,14-15H2,1-3H3/b22-20-. The van der Waals surface area contributed by atoms with Crippen LogP contribution < -0.4 is 4.74 Å². The van der Waals surface area contributed by atoms with E-state index in [0.29, 0.717) is 25.1 Å². The Kier molecular flexibility index (Phi) is 6.37. The third-order valence-corrected chi connectivity index (χ3v) is 5.00. The molecule has 29 heavy (non-hydrogen) atoms. The number of ketones is 1. The van der Waals surface area contributed by atoms with Crippen molar-refractivity contribution < 1.29 is 19.4 Å². The van der Waals surface area contributed by atoms with Crippen molar-refractivity contribution >= 4 is 17.4 Å². The van der Waals surface area contributed by atoms with Gasteiger partial charge in [0.15, 0.2) is 0 Å². The predicted octanol–water partition coefficient (Wildman–Crippen LogP) is 4.62. The van der Waals surface area contributed by atoms with Gasteiger partial charge in [-0.1, -0.05) is 55.8 Å². The molecule has 1 saturated heterocycles. The van der Waals surface area contributed by atoms with Gasteiger partial charge in [-0.25, -0.2) is 0 Å². The Balaban J connectivity index is 2.07. The number of carbonyl (C=O) groups excluding carboxylic acids is 2. The quantitative estimate of drug-likeness (QED) is 0.424. The van der Waals surface area contributed by atoms with Crippen molar-refractivity contribution in [1.29, 1.82) is 0 Å². The first-order valence-corrected chi connectivity index (χ1v) is 10.1. The van der Waals surface area contributed by atoms with Gasteiger partial charge in [0.05, 0.1) is 18.2 Å². The molecule has 5 nitrogen and oxygen atoms in total. The minimum absolute atomic E-state index is 0.134. The van der Waals surface area contributed by atoms with Crippen LogP contribution in [0.1, 0.15) is 49.4 Å². The van der Waals surface area contributed by atoms with Gasteiger partial charge >= 0.3 is 0 Å². The molecule has 2 aromatic carbocycles. The smallest absolute Gasteiger partial charge is 0.295 e. The van der Waals surface area contributed by atoms with Crippen LogP contribution in [0.25, 0.3) is 5.76 Å². The zero-order chi connectivity index (χ0) is 21.0. The average Bonchev–Trinajstić information content (AvgIpc) is 2.98. The van der Waals surface area contributed by atoms with Gasteiger partial charge in [0.25, 0.3) is 11.7 Å². The van der Waals surface area contributed by atoms with Gasteiger partial charge in [-0.05, 0) is 37.5 Å². The van der Waals surface area contributed by atoms with Crippen molar-refractivity contribution in [3.05, 3.63) is 70.8 Å². The van der Waals surface area contributed by atoms with Crippen LogP contribution >= 0.6 is 0 Å². The number of hydrogen-bond donors (Lipinski definition) is 1. The fourth-order valence-electron chi connectivity index (χ4n) is 3.53. The first-order chi connectivity index (χ1) is 14.0. The maximum Gasteiger partial charge on any atom is 0.295 e. The number of aliphatic hydroxyl groups is 1. The summed E-state index contributed by atoms with van der Waals surface area (Å²) in [4.78, 5) is 27.1. The van der Waals surface area contributed by atoms with E-state index < -0.39 is 17.7 Å². The number of likely N-dealkylation sites (tertiary alicyclic amines) is 1. The molecule has 2 aromatic rings. The summed E-state index contributed by atoms with van der Waals surface area (Å²) >= 11 is 0. The van der Waals surface area contributed by atoms with Crippen LogP contribution in [0.2, 0.25) is 0 Å². The molecule has 0 aliphatic carbocycles. The van der Waals surface area contributed by atoms with Gasteiger partial charge in [0.2, 0.25) is 0 Å². The molecule has 1 unspecified atom stereocenters. The molecule has 0 spiro atoms. The first kappa shape index (κ1) is 20.6. The van der Waals surface area contributed by atoms with E-state index in [2.05, 4.69) is 0 Å². The molecule has 3 rings (SSSR count). The number of ether oxygens (including phenoxy) is 1. The van der Waals surface area contributed by atoms with Gasteiger partial charge in [-0.3, -0.25) is 9.59 Å². The van der Waals surface area contributed by atoms with Crippen LogP contribution in [-0.2, 0) is 9.59 Å². The van der Waals surface area contributed by atoms with Crippen LogP contribution in [-0.4, -0.2) is 34.8 Å². The Hall–Kier alpha value is -3.08. The molecule has 152 valence electrons. The normalized spacial score (nSPS) is 18.3. The second kappa shape index (κ2) is 8.95. The van der Waals surface area contributed by atoms with Crippen molar-refractivity contribution in [3.8, 4) is 5.75 Å². The SMILES string of the molecule is CCCOc1ccc(C2/C(=C(/O)c3ccc(C)cc3)C(=O)C(=O)N2CCC)cc1. The van der Waals surface area contributed by atoms with E-state index in [1.54, 1.807) is 17.0 Å². The number of amides is 1. The van der Waals surface area contributed by atoms with Crippen molar-refractivity contribution in [2.45, 2.75) is 39.7 Å². The maximum absolute atomic E-state index is 12.8. The predicted molar refractivity (Wildman–Crippen MR) is 113 cm³/mol. The molecule has 1 heterocycles. The molecular formula is C24H27NO4. The third-order valence-electron chi connectivity index (χ3n) is 5.00. The average molecular weight is 393 g/mol. The van der Waals surface area contributed by atoms with Crippen LogP contribution in [0, 0.1) is 6.92 Å². The largest absolute Gasteiger partial charge is 0.507 e. The van der Waals surface area contributed by atoms with Crippen molar-refractivity contribution in [3.63, 3.8) is 0 Å². The van der Waals surface area contributed by atoms with E-state index in [0.717, 1.165) is 23.3 Å². The molecule has 1 aliphatic heterocycles. The monoisotopic (exact) mass is 393 g/mol.